The van der Waals surface area contributed by atoms with E-state index < -0.39 is 8.18 Å². The van der Waals surface area contributed by atoms with E-state index in [4.69, 9.17) is 9.63 Å². The summed E-state index contributed by atoms with van der Waals surface area (Å²) in [5, 5.41) is 11.3. The van der Waals surface area contributed by atoms with Gasteiger partial charge < -0.3 is 5.11 Å². The van der Waals surface area contributed by atoms with Gasteiger partial charge in [0.1, 0.15) is 6.61 Å². The molecular weight excluding hydrogens is 369 g/mol. The average molecular weight is 419 g/mol. The highest BCUT2D eigenvalue weighted by atomic mass is 31.1. The minimum absolute atomic E-state index is 0.330. The van der Waals surface area contributed by atoms with Crippen LogP contribution in [0, 0.1) is 0 Å². The summed E-state index contributed by atoms with van der Waals surface area (Å²) in [6.07, 6.45) is 21.2. The van der Waals surface area contributed by atoms with Crippen LogP contribution in [0.1, 0.15) is 117 Å². The maximum atomic E-state index is 11.5. The van der Waals surface area contributed by atoms with Crippen molar-refractivity contribution in [1.82, 2.24) is 5.09 Å². The van der Waals surface area contributed by atoms with Gasteiger partial charge in [-0.25, -0.2) is 0 Å². The smallest absolute Gasteiger partial charge is 0.396 e. The van der Waals surface area contributed by atoms with Gasteiger partial charge in [-0.3, -0.25) is 0 Å². The Labute approximate surface area is 176 Å². The molecule has 0 aromatic heterocycles. The monoisotopic (exact) mass is 418 g/mol. The molecule has 0 aromatic rings. The van der Waals surface area contributed by atoms with Crippen molar-refractivity contribution in [2.24, 2.45) is 0 Å². The van der Waals surface area contributed by atoms with Crippen LogP contribution in [0.4, 0.5) is 0 Å². The third-order valence-electron chi connectivity index (χ3n) is 4.54. The fourth-order valence-corrected chi connectivity index (χ4v) is 3.46. The molecule has 4 nitrogen and oxygen atoms in total. The molecule has 5 heteroatoms. The maximum absolute atomic E-state index is 11.5. The lowest BCUT2D eigenvalue weighted by molar-refractivity contribution is 0.283. The molecule has 28 heavy (non-hydrogen) atoms. The second kappa shape index (κ2) is 28.9. The van der Waals surface area contributed by atoms with Gasteiger partial charge in [0.15, 0.2) is 0 Å². The molecule has 0 fully saturated rings. The molecule has 0 heterocycles. The van der Waals surface area contributed by atoms with Crippen molar-refractivity contribution in [1.29, 1.82) is 0 Å². The van der Waals surface area contributed by atoms with Crippen LogP contribution in [0.15, 0.2) is 12.7 Å². The van der Waals surface area contributed by atoms with Crippen molar-refractivity contribution in [3.63, 3.8) is 0 Å². The molecule has 0 aliphatic heterocycles. The highest BCUT2D eigenvalue weighted by Crippen LogP contribution is 2.17. The van der Waals surface area contributed by atoms with Crippen molar-refractivity contribution in [2.45, 2.75) is 117 Å². The first-order valence-electron chi connectivity index (χ1n) is 11.8. The molecule has 0 aliphatic rings. The zero-order valence-corrected chi connectivity index (χ0v) is 19.8. The summed E-state index contributed by atoms with van der Waals surface area (Å²) in [4.78, 5) is 0. The van der Waals surface area contributed by atoms with Gasteiger partial charge in [-0.2, -0.15) is 0 Å². The van der Waals surface area contributed by atoms with Crippen LogP contribution in [-0.4, -0.2) is 24.9 Å². The van der Waals surface area contributed by atoms with E-state index >= 15 is 0 Å². The number of hydrogen-bond donors (Lipinski definition) is 2. The second-order valence-corrected chi connectivity index (χ2v) is 8.48. The first-order chi connectivity index (χ1) is 13.7. The maximum Gasteiger partial charge on any atom is 0.612 e. The Balaban J connectivity index is 0. The summed E-state index contributed by atoms with van der Waals surface area (Å²) in [6, 6.07) is 0. The van der Waals surface area contributed by atoms with Crippen molar-refractivity contribution >= 4 is 8.18 Å². The van der Waals surface area contributed by atoms with Crippen LogP contribution in [-0.2, 0) is 9.09 Å². The van der Waals surface area contributed by atoms with E-state index in [0.29, 0.717) is 13.2 Å². The summed E-state index contributed by atoms with van der Waals surface area (Å²) in [5.74, 6) is 0. The Morgan fingerprint density at radius 1 is 0.821 bits per heavy atom. The molecule has 2 N–H and O–H groups in total. The normalized spacial score (nSPS) is 11.0. The molecule has 0 saturated heterocycles. The summed E-state index contributed by atoms with van der Waals surface area (Å²) < 4.78 is 16.8. The van der Waals surface area contributed by atoms with E-state index in [0.717, 1.165) is 38.6 Å². The Morgan fingerprint density at radius 3 is 1.93 bits per heavy atom. The fourth-order valence-electron chi connectivity index (χ4n) is 2.73. The molecule has 168 valence electrons. The van der Waals surface area contributed by atoms with Crippen molar-refractivity contribution in [3.8, 4) is 0 Å². The van der Waals surface area contributed by atoms with Crippen LogP contribution >= 0.6 is 8.18 Å². The number of nitrogens with one attached hydrogen (secondary N) is 1. The van der Waals surface area contributed by atoms with Crippen LogP contribution in [0.2, 0.25) is 0 Å². The lowest BCUT2D eigenvalue weighted by Crippen LogP contribution is -2.07. The molecule has 0 spiro atoms. The standard InChI is InChI=1S/C16H35NO2P.C7H14O/c1-3-5-7-9-11-13-15-17-20(18)19-16-14-12-10-8-6-4-2;1-2-3-4-5-6-7-8/h3-16H2,1-2H3,(H,17,18);2,8H,1,3-7H2/q+1;. The van der Waals surface area contributed by atoms with Crippen molar-refractivity contribution < 1.29 is 14.2 Å². The molecule has 0 aromatic carbocycles. The van der Waals surface area contributed by atoms with Gasteiger partial charge in [0.25, 0.3) is 0 Å². The molecular formula is C23H49NO3P+. The van der Waals surface area contributed by atoms with E-state index in [-0.39, 0.29) is 0 Å². The van der Waals surface area contributed by atoms with Crippen LogP contribution in [0.5, 0.6) is 0 Å². The minimum atomic E-state index is -1.64. The highest BCUT2D eigenvalue weighted by Gasteiger charge is 2.15. The lowest BCUT2D eigenvalue weighted by Gasteiger charge is -1.98. The Morgan fingerprint density at radius 2 is 1.36 bits per heavy atom. The molecule has 0 bridgehead atoms. The number of aliphatic hydroxyl groups excluding tert-OH is 1. The van der Waals surface area contributed by atoms with E-state index in [1.807, 2.05) is 6.08 Å². The Hall–Kier alpha value is -0.280. The largest absolute Gasteiger partial charge is 0.612 e. The predicted octanol–water partition coefficient (Wildman–Crippen LogP) is 7.70. The van der Waals surface area contributed by atoms with Gasteiger partial charge in [0.05, 0.1) is 0 Å². The number of aliphatic hydroxyl groups is 1. The Bertz CT molecular complexity index is 294. The quantitative estimate of drug-likeness (QED) is 0.114. The van der Waals surface area contributed by atoms with Gasteiger partial charge in [-0.1, -0.05) is 95.6 Å². The molecule has 0 aliphatic carbocycles. The van der Waals surface area contributed by atoms with Crippen molar-refractivity contribution in [2.75, 3.05) is 19.8 Å². The first kappa shape index (κ1) is 29.9. The third-order valence-corrected chi connectivity index (χ3v) is 5.44. The van der Waals surface area contributed by atoms with Gasteiger partial charge >= 0.3 is 8.18 Å². The number of allylic oxidation sites excluding steroid dienone is 1. The lowest BCUT2D eigenvalue weighted by atomic mass is 10.1. The van der Waals surface area contributed by atoms with Crippen LogP contribution in [0.25, 0.3) is 0 Å². The zero-order valence-electron chi connectivity index (χ0n) is 18.9. The summed E-state index contributed by atoms with van der Waals surface area (Å²) >= 11 is 0. The Kier molecular flexibility index (Phi) is 30.9. The molecule has 0 radical (unpaired) electrons. The van der Waals surface area contributed by atoms with E-state index in [1.165, 1.54) is 70.6 Å². The van der Waals surface area contributed by atoms with Gasteiger partial charge in [-0.05, 0) is 36.7 Å². The second-order valence-electron chi connectivity index (χ2n) is 7.40. The van der Waals surface area contributed by atoms with Crippen LogP contribution in [0.3, 0.4) is 0 Å². The van der Waals surface area contributed by atoms with Gasteiger partial charge in [-0.15, -0.1) is 11.1 Å². The number of unbranched alkanes of at least 4 members (excludes halogenated alkanes) is 13. The molecule has 0 saturated carbocycles. The molecule has 1 atom stereocenters. The zero-order chi connectivity index (χ0) is 21.1. The minimum Gasteiger partial charge on any atom is -0.396 e. The average Bonchev–Trinajstić information content (AvgIpc) is 2.70. The van der Waals surface area contributed by atoms with Crippen molar-refractivity contribution in [3.05, 3.63) is 12.7 Å². The molecule has 0 rings (SSSR count). The first-order valence-corrected chi connectivity index (χ1v) is 13.0. The van der Waals surface area contributed by atoms with E-state index in [2.05, 4.69) is 25.5 Å². The number of rotatable bonds is 21. The molecule has 0 amide bonds. The molecule has 1 unspecified atom stereocenters. The SMILES string of the molecule is C=CCCCCCO.CCCCCCCCN[P+](=O)OCCCCCCCC. The summed E-state index contributed by atoms with van der Waals surface area (Å²) in [5.41, 5.74) is 0. The van der Waals surface area contributed by atoms with E-state index in [9.17, 15) is 4.57 Å². The summed E-state index contributed by atoms with van der Waals surface area (Å²) in [7, 11) is -1.64. The third kappa shape index (κ3) is 30.4. The topological polar surface area (TPSA) is 58.6 Å². The predicted molar refractivity (Wildman–Crippen MR) is 124 cm³/mol. The summed E-state index contributed by atoms with van der Waals surface area (Å²) in [6.45, 7) is 9.83. The fraction of sp³-hybridized carbons (Fsp3) is 0.913. The highest BCUT2D eigenvalue weighted by molar-refractivity contribution is 7.36. The van der Waals surface area contributed by atoms with Crippen LogP contribution < -0.4 is 5.09 Å². The number of hydrogen-bond acceptors (Lipinski definition) is 3. The van der Waals surface area contributed by atoms with Gasteiger partial charge in [0.2, 0.25) is 0 Å². The van der Waals surface area contributed by atoms with E-state index in [1.54, 1.807) is 0 Å². The van der Waals surface area contributed by atoms with Gasteiger partial charge in [0, 0.05) is 13.2 Å².